The number of hydrogen-bond donors (Lipinski definition) is 4. The van der Waals surface area contributed by atoms with Crippen molar-refractivity contribution in [3.63, 3.8) is 0 Å². The quantitative estimate of drug-likeness (QED) is 0.208. The normalized spacial score (nSPS) is 10.1. The number of Topliss-reactive ketones (excluding diaryl/α,β-unsaturated/α-hetero) is 1. The van der Waals surface area contributed by atoms with Gasteiger partial charge >= 0.3 is 0 Å². The lowest BCUT2D eigenvalue weighted by Gasteiger charge is -2.09. The van der Waals surface area contributed by atoms with Gasteiger partial charge < -0.3 is 25.4 Å². The molecule has 4 N–H and O–H groups in total. The molecule has 2 rings (SSSR count). The van der Waals surface area contributed by atoms with Crippen LogP contribution in [0.15, 0.2) is 18.2 Å². The number of anilines is 1. The van der Waals surface area contributed by atoms with Crippen molar-refractivity contribution in [2.75, 3.05) is 11.9 Å². The first-order valence-electron chi connectivity index (χ1n) is 7.94. The highest BCUT2D eigenvalue weighted by Crippen LogP contribution is 2.28. The van der Waals surface area contributed by atoms with Gasteiger partial charge in [0, 0.05) is 24.5 Å². The van der Waals surface area contributed by atoms with Crippen molar-refractivity contribution in [1.29, 1.82) is 0 Å². The number of rotatable bonds is 5. The zero-order chi connectivity index (χ0) is 20.3. The SMILES string of the molecule is C#CCNC(=O)C(=O)c1c(C)c(C(=O)Nc2ccc(O)c(O)c2)n(C)c1C. The van der Waals surface area contributed by atoms with Crippen LogP contribution in [0, 0.1) is 26.2 Å². The topological polar surface area (TPSA) is 121 Å². The van der Waals surface area contributed by atoms with Crippen LogP contribution in [0.5, 0.6) is 11.5 Å². The van der Waals surface area contributed by atoms with Gasteiger partial charge in [-0.3, -0.25) is 14.4 Å². The lowest BCUT2D eigenvalue weighted by molar-refractivity contribution is -0.116. The standard InChI is InChI=1S/C19H19N3O5/c1-5-8-20-19(27)17(25)15-10(2)16(22(4)11(15)3)18(26)21-12-6-7-13(23)14(24)9-12/h1,6-7,9,23-24H,8H2,2-4H3,(H,20,27)(H,21,26). The predicted molar refractivity (Wildman–Crippen MR) is 98.8 cm³/mol. The number of nitrogens with zero attached hydrogens (tertiary/aromatic N) is 1. The molecule has 2 amide bonds. The van der Waals surface area contributed by atoms with Crippen LogP contribution in [0.25, 0.3) is 0 Å². The van der Waals surface area contributed by atoms with E-state index in [0.29, 0.717) is 11.3 Å². The summed E-state index contributed by atoms with van der Waals surface area (Å²) >= 11 is 0. The number of carbonyl (C=O) groups is 3. The number of carbonyl (C=O) groups excluding carboxylic acids is 3. The molecule has 0 fully saturated rings. The van der Waals surface area contributed by atoms with Crippen LogP contribution in [0.4, 0.5) is 5.69 Å². The van der Waals surface area contributed by atoms with E-state index in [1.54, 1.807) is 20.9 Å². The Morgan fingerprint density at radius 1 is 1.19 bits per heavy atom. The Kier molecular flexibility index (Phi) is 5.56. The highest BCUT2D eigenvalue weighted by molar-refractivity contribution is 6.43. The summed E-state index contributed by atoms with van der Waals surface area (Å²) in [5.41, 5.74) is 1.37. The fourth-order valence-corrected chi connectivity index (χ4v) is 2.75. The molecule has 0 unspecified atom stereocenters. The van der Waals surface area contributed by atoms with Gasteiger partial charge in [0.2, 0.25) is 0 Å². The number of phenols is 2. The number of nitrogens with one attached hydrogen (secondary N) is 2. The minimum atomic E-state index is -0.847. The highest BCUT2D eigenvalue weighted by Gasteiger charge is 2.28. The number of ketones is 1. The first-order valence-corrected chi connectivity index (χ1v) is 7.94. The Morgan fingerprint density at radius 2 is 1.85 bits per heavy atom. The summed E-state index contributed by atoms with van der Waals surface area (Å²) in [5.74, 6) is -0.646. The van der Waals surface area contributed by atoms with Crippen LogP contribution in [0.3, 0.4) is 0 Å². The van der Waals surface area contributed by atoms with Gasteiger partial charge in [0.25, 0.3) is 17.6 Å². The van der Waals surface area contributed by atoms with Crippen LogP contribution in [0.2, 0.25) is 0 Å². The zero-order valence-corrected chi connectivity index (χ0v) is 15.1. The molecule has 2 aromatic rings. The number of phenolic OH excluding ortho intramolecular Hbond substituents is 2. The van der Waals surface area contributed by atoms with Crippen molar-refractivity contribution in [3.8, 4) is 23.8 Å². The van der Waals surface area contributed by atoms with Crippen molar-refractivity contribution in [3.05, 3.63) is 40.7 Å². The van der Waals surface area contributed by atoms with E-state index in [-0.39, 0.29) is 35.0 Å². The smallest absolute Gasteiger partial charge is 0.293 e. The van der Waals surface area contributed by atoms with Gasteiger partial charge in [0.15, 0.2) is 11.5 Å². The van der Waals surface area contributed by atoms with Crippen molar-refractivity contribution in [2.24, 2.45) is 7.05 Å². The molecule has 0 aliphatic carbocycles. The molecule has 0 radical (unpaired) electrons. The molecule has 0 saturated carbocycles. The lowest BCUT2D eigenvalue weighted by atomic mass is 10.0. The van der Waals surface area contributed by atoms with E-state index < -0.39 is 17.6 Å². The van der Waals surface area contributed by atoms with Crippen molar-refractivity contribution < 1.29 is 24.6 Å². The van der Waals surface area contributed by atoms with E-state index in [4.69, 9.17) is 6.42 Å². The summed E-state index contributed by atoms with van der Waals surface area (Å²) in [5, 5.41) is 23.8. The molecule has 1 aromatic heterocycles. The Balaban J connectivity index is 2.36. The Bertz CT molecular complexity index is 982. The minimum Gasteiger partial charge on any atom is -0.504 e. The molecule has 0 aliphatic heterocycles. The first kappa shape index (κ1) is 19.6. The van der Waals surface area contributed by atoms with Crippen LogP contribution in [0.1, 0.15) is 32.1 Å². The van der Waals surface area contributed by atoms with E-state index >= 15 is 0 Å². The average molecular weight is 369 g/mol. The summed E-state index contributed by atoms with van der Waals surface area (Å²) in [6.07, 6.45) is 5.07. The third-order valence-electron chi connectivity index (χ3n) is 4.16. The monoisotopic (exact) mass is 369 g/mol. The average Bonchev–Trinajstić information content (AvgIpc) is 2.84. The Morgan fingerprint density at radius 3 is 2.44 bits per heavy atom. The molecular weight excluding hydrogens is 350 g/mol. The van der Waals surface area contributed by atoms with Gasteiger partial charge in [-0.05, 0) is 31.5 Å². The van der Waals surface area contributed by atoms with Gasteiger partial charge in [0.05, 0.1) is 12.1 Å². The maximum absolute atomic E-state index is 12.7. The van der Waals surface area contributed by atoms with E-state index in [9.17, 15) is 24.6 Å². The van der Waals surface area contributed by atoms with E-state index in [0.717, 1.165) is 0 Å². The molecule has 8 heteroatoms. The first-order chi connectivity index (χ1) is 12.7. The number of aromatic hydroxyl groups is 2. The summed E-state index contributed by atoms with van der Waals surface area (Å²) in [6, 6.07) is 3.84. The number of aromatic nitrogens is 1. The molecule has 1 heterocycles. The maximum atomic E-state index is 12.7. The number of terminal acetylenes is 1. The lowest BCUT2D eigenvalue weighted by Crippen LogP contribution is -2.31. The summed E-state index contributed by atoms with van der Waals surface area (Å²) < 4.78 is 1.51. The van der Waals surface area contributed by atoms with Crippen molar-refractivity contribution >= 4 is 23.3 Å². The molecular formula is C19H19N3O5. The second-order valence-corrected chi connectivity index (χ2v) is 5.87. The molecule has 0 atom stereocenters. The van der Waals surface area contributed by atoms with Gasteiger partial charge in [0.1, 0.15) is 5.69 Å². The molecule has 0 saturated heterocycles. The third-order valence-corrected chi connectivity index (χ3v) is 4.16. The summed E-state index contributed by atoms with van der Waals surface area (Å²) in [4.78, 5) is 37.0. The fraction of sp³-hybridized carbons (Fsp3) is 0.211. The molecule has 27 heavy (non-hydrogen) atoms. The maximum Gasteiger partial charge on any atom is 0.293 e. The van der Waals surface area contributed by atoms with E-state index in [1.165, 1.54) is 22.8 Å². The predicted octanol–water partition coefficient (Wildman–Crippen LogP) is 1.24. The molecule has 0 aliphatic rings. The molecule has 0 spiro atoms. The number of benzene rings is 1. The fourth-order valence-electron chi connectivity index (χ4n) is 2.75. The van der Waals surface area contributed by atoms with Gasteiger partial charge in [-0.1, -0.05) is 5.92 Å². The molecule has 0 bridgehead atoms. The summed E-state index contributed by atoms with van der Waals surface area (Å²) in [7, 11) is 1.60. The second kappa shape index (κ2) is 7.66. The second-order valence-electron chi connectivity index (χ2n) is 5.87. The molecule has 8 nitrogen and oxygen atoms in total. The zero-order valence-electron chi connectivity index (χ0n) is 15.1. The van der Waals surface area contributed by atoms with Crippen molar-refractivity contribution in [1.82, 2.24) is 9.88 Å². The van der Waals surface area contributed by atoms with Crippen LogP contribution < -0.4 is 10.6 Å². The number of hydrogen-bond acceptors (Lipinski definition) is 5. The van der Waals surface area contributed by atoms with Gasteiger partial charge in [-0.2, -0.15) is 0 Å². The van der Waals surface area contributed by atoms with Crippen LogP contribution in [-0.2, 0) is 11.8 Å². The van der Waals surface area contributed by atoms with Gasteiger partial charge in [-0.25, -0.2) is 0 Å². The van der Waals surface area contributed by atoms with Crippen LogP contribution in [-0.4, -0.2) is 38.9 Å². The molecule has 140 valence electrons. The van der Waals surface area contributed by atoms with Crippen molar-refractivity contribution in [2.45, 2.75) is 13.8 Å². The third kappa shape index (κ3) is 3.77. The largest absolute Gasteiger partial charge is 0.504 e. The van der Waals surface area contributed by atoms with E-state index in [2.05, 4.69) is 16.6 Å². The highest BCUT2D eigenvalue weighted by atomic mass is 16.3. The Labute approximate surface area is 155 Å². The van der Waals surface area contributed by atoms with E-state index in [1.807, 2.05) is 0 Å². The van der Waals surface area contributed by atoms with Crippen LogP contribution >= 0.6 is 0 Å². The minimum absolute atomic E-state index is 0.0762. The summed E-state index contributed by atoms with van der Waals surface area (Å²) in [6.45, 7) is 3.11. The van der Waals surface area contributed by atoms with Gasteiger partial charge in [-0.15, -0.1) is 6.42 Å². The number of amides is 2. The Hall–Kier alpha value is -3.73. The molecule has 1 aromatic carbocycles.